The Morgan fingerprint density at radius 1 is 1.29 bits per heavy atom. The maximum absolute atomic E-state index is 4.06. The van der Waals surface area contributed by atoms with Gasteiger partial charge in [0.05, 0.1) is 17.6 Å². The summed E-state index contributed by atoms with van der Waals surface area (Å²) in [4.78, 5) is 0. The first-order chi connectivity index (χ1) is 6.81. The van der Waals surface area contributed by atoms with Crippen molar-refractivity contribution in [3.05, 3.63) is 41.7 Å². The summed E-state index contributed by atoms with van der Waals surface area (Å²) in [5.41, 5.74) is 3.35. The highest BCUT2D eigenvalue weighted by atomic mass is 15.4. The monoisotopic (exact) mass is 187 g/mol. The van der Waals surface area contributed by atoms with Gasteiger partial charge in [0.2, 0.25) is 0 Å². The first-order valence-corrected chi connectivity index (χ1v) is 4.78. The molecule has 1 aromatic heterocycles. The van der Waals surface area contributed by atoms with Crippen LogP contribution in [-0.4, -0.2) is 15.0 Å². The van der Waals surface area contributed by atoms with Gasteiger partial charge < -0.3 is 0 Å². The molecule has 3 heteroatoms. The van der Waals surface area contributed by atoms with Gasteiger partial charge in [0.25, 0.3) is 0 Å². The summed E-state index contributed by atoms with van der Waals surface area (Å²) in [5.74, 6) is 0. The van der Waals surface area contributed by atoms with E-state index < -0.39 is 0 Å². The molecule has 0 aliphatic carbocycles. The largest absolute Gasteiger partial charge is 0.220 e. The van der Waals surface area contributed by atoms with Crippen LogP contribution in [0.5, 0.6) is 0 Å². The molecule has 14 heavy (non-hydrogen) atoms. The molecule has 1 heterocycles. The van der Waals surface area contributed by atoms with Gasteiger partial charge in [-0.15, -0.1) is 5.10 Å². The van der Waals surface area contributed by atoms with E-state index in [2.05, 4.69) is 29.4 Å². The second kappa shape index (κ2) is 3.62. The van der Waals surface area contributed by atoms with Crippen LogP contribution in [0.15, 0.2) is 30.5 Å². The van der Waals surface area contributed by atoms with Crippen molar-refractivity contribution in [2.75, 3.05) is 0 Å². The molecule has 2 aromatic rings. The predicted molar refractivity (Wildman–Crippen MR) is 55.5 cm³/mol. The Labute approximate surface area is 83.4 Å². The van der Waals surface area contributed by atoms with E-state index in [1.807, 2.05) is 29.9 Å². The summed E-state index contributed by atoms with van der Waals surface area (Å²) >= 11 is 0. The summed E-state index contributed by atoms with van der Waals surface area (Å²) in [6.07, 6.45) is 2.95. The maximum Gasteiger partial charge on any atom is 0.0800 e. The minimum Gasteiger partial charge on any atom is -0.220 e. The lowest BCUT2D eigenvalue weighted by Gasteiger charge is -2.05. The highest BCUT2D eigenvalue weighted by Gasteiger charge is 2.03. The molecule has 0 saturated carbocycles. The van der Waals surface area contributed by atoms with Crippen molar-refractivity contribution in [1.29, 1.82) is 0 Å². The van der Waals surface area contributed by atoms with Crippen LogP contribution in [0.4, 0.5) is 0 Å². The Hall–Kier alpha value is -1.64. The topological polar surface area (TPSA) is 30.7 Å². The second-order valence-electron chi connectivity index (χ2n) is 3.29. The number of hydrogen-bond acceptors (Lipinski definition) is 2. The first-order valence-electron chi connectivity index (χ1n) is 4.78. The SMILES string of the molecule is CCc1ccccc1-n1cc(C)nn1. The highest BCUT2D eigenvalue weighted by molar-refractivity contribution is 5.40. The number of aryl methyl sites for hydroxylation is 2. The molecular weight excluding hydrogens is 174 g/mol. The molecule has 72 valence electrons. The fourth-order valence-electron chi connectivity index (χ4n) is 1.50. The normalized spacial score (nSPS) is 10.4. The van der Waals surface area contributed by atoms with Gasteiger partial charge in [0, 0.05) is 0 Å². The number of aromatic nitrogens is 3. The molecular formula is C11H13N3. The van der Waals surface area contributed by atoms with E-state index >= 15 is 0 Å². The standard InChI is InChI=1S/C11H13N3/c1-3-10-6-4-5-7-11(10)14-8-9(2)12-13-14/h4-8H,3H2,1-2H3. The average molecular weight is 187 g/mol. The molecule has 1 aromatic carbocycles. The zero-order valence-corrected chi connectivity index (χ0v) is 8.44. The van der Waals surface area contributed by atoms with Gasteiger partial charge in [-0.2, -0.15) is 0 Å². The average Bonchev–Trinajstić information content (AvgIpc) is 2.65. The summed E-state index contributed by atoms with van der Waals surface area (Å²) in [7, 11) is 0. The molecule has 0 amide bonds. The van der Waals surface area contributed by atoms with Crippen LogP contribution in [0.3, 0.4) is 0 Å². The van der Waals surface area contributed by atoms with Gasteiger partial charge in [-0.3, -0.25) is 0 Å². The van der Waals surface area contributed by atoms with Crippen molar-refractivity contribution in [3.63, 3.8) is 0 Å². The Morgan fingerprint density at radius 3 is 2.71 bits per heavy atom. The minimum absolute atomic E-state index is 0.941. The Bertz CT molecular complexity index is 432. The molecule has 2 rings (SSSR count). The summed E-state index contributed by atoms with van der Waals surface area (Å²) in [5, 5.41) is 8.04. The van der Waals surface area contributed by atoms with E-state index in [1.54, 1.807) is 0 Å². The van der Waals surface area contributed by atoms with Gasteiger partial charge >= 0.3 is 0 Å². The molecule has 3 nitrogen and oxygen atoms in total. The van der Waals surface area contributed by atoms with E-state index in [9.17, 15) is 0 Å². The van der Waals surface area contributed by atoms with E-state index in [0.717, 1.165) is 17.8 Å². The quantitative estimate of drug-likeness (QED) is 0.721. The third kappa shape index (κ3) is 1.53. The van der Waals surface area contributed by atoms with Crippen molar-refractivity contribution < 1.29 is 0 Å². The van der Waals surface area contributed by atoms with Gasteiger partial charge in [-0.25, -0.2) is 4.68 Å². The molecule has 0 atom stereocenters. The maximum atomic E-state index is 4.06. The molecule has 0 unspecified atom stereocenters. The van der Waals surface area contributed by atoms with Crippen molar-refractivity contribution in [1.82, 2.24) is 15.0 Å². The number of para-hydroxylation sites is 1. The number of hydrogen-bond donors (Lipinski definition) is 0. The zero-order valence-electron chi connectivity index (χ0n) is 8.44. The third-order valence-corrected chi connectivity index (χ3v) is 2.23. The molecule has 0 spiro atoms. The van der Waals surface area contributed by atoms with Crippen LogP contribution in [0.25, 0.3) is 5.69 Å². The molecule has 0 N–H and O–H groups in total. The van der Waals surface area contributed by atoms with Crippen LogP contribution in [-0.2, 0) is 6.42 Å². The van der Waals surface area contributed by atoms with Gasteiger partial charge in [-0.1, -0.05) is 30.3 Å². The minimum atomic E-state index is 0.941. The van der Waals surface area contributed by atoms with Crippen molar-refractivity contribution in [2.24, 2.45) is 0 Å². The molecule has 0 fully saturated rings. The van der Waals surface area contributed by atoms with Crippen LogP contribution in [0.2, 0.25) is 0 Å². The number of nitrogens with zero attached hydrogens (tertiary/aromatic N) is 3. The smallest absolute Gasteiger partial charge is 0.0800 e. The third-order valence-electron chi connectivity index (χ3n) is 2.23. The first kappa shape index (κ1) is 8.94. The lowest BCUT2D eigenvalue weighted by molar-refractivity contribution is 0.791. The van der Waals surface area contributed by atoms with E-state index in [-0.39, 0.29) is 0 Å². The van der Waals surface area contributed by atoms with Crippen LogP contribution < -0.4 is 0 Å². The second-order valence-corrected chi connectivity index (χ2v) is 3.29. The van der Waals surface area contributed by atoms with Crippen molar-refractivity contribution in [2.45, 2.75) is 20.3 Å². The highest BCUT2D eigenvalue weighted by Crippen LogP contribution is 2.13. The van der Waals surface area contributed by atoms with Gasteiger partial charge in [0.1, 0.15) is 0 Å². The Kier molecular flexibility index (Phi) is 2.31. The van der Waals surface area contributed by atoms with E-state index in [1.165, 1.54) is 5.56 Å². The zero-order chi connectivity index (χ0) is 9.97. The molecule has 0 saturated heterocycles. The molecule has 0 aliphatic rings. The van der Waals surface area contributed by atoms with E-state index in [0.29, 0.717) is 0 Å². The molecule has 0 aliphatic heterocycles. The molecule has 0 bridgehead atoms. The van der Waals surface area contributed by atoms with Crippen LogP contribution >= 0.6 is 0 Å². The summed E-state index contributed by atoms with van der Waals surface area (Å²) in [6.45, 7) is 4.08. The Morgan fingerprint density at radius 2 is 2.07 bits per heavy atom. The van der Waals surface area contributed by atoms with Crippen molar-refractivity contribution in [3.8, 4) is 5.69 Å². The summed E-state index contributed by atoms with van der Waals surface area (Å²) < 4.78 is 1.83. The number of benzene rings is 1. The predicted octanol–water partition coefficient (Wildman–Crippen LogP) is 2.14. The molecule has 0 radical (unpaired) electrons. The van der Waals surface area contributed by atoms with Crippen LogP contribution in [0.1, 0.15) is 18.2 Å². The van der Waals surface area contributed by atoms with Crippen molar-refractivity contribution >= 4 is 0 Å². The van der Waals surface area contributed by atoms with Gasteiger partial charge in [-0.05, 0) is 25.0 Å². The van der Waals surface area contributed by atoms with Gasteiger partial charge in [0.15, 0.2) is 0 Å². The lowest BCUT2D eigenvalue weighted by Crippen LogP contribution is -1.99. The Balaban J connectivity index is 2.50. The van der Waals surface area contributed by atoms with E-state index in [4.69, 9.17) is 0 Å². The summed E-state index contributed by atoms with van der Waals surface area (Å²) in [6, 6.07) is 8.25. The lowest BCUT2D eigenvalue weighted by atomic mass is 10.1. The fraction of sp³-hybridized carbons (Fsp3) is 0.273. The van der Waals surface area contributed by atoms with Crippen LogP contribution in [0, 0.1) is 6.92 Å². The fourth-order valence-corrected chi connectivity index (χ4v) is 1.50. The number of rotatable bonds is 2.